The molecular weight excluding hydrogens is 206 g/mol. The Morgan fingerprint density at radius 2 is 2.19 bits per heavy atom. The van der Waals surface area contributed by atoms with Crippen molar-refractivity contribution < 1.29 is 14.3 Å². The van der Waals surface area contributed by atoms with Crippen LogP contribution in [0.1, 0.15) is 39.5 Å². The summed E-state index contributed by atoms with van der Waals surface area (Å²) in [7, 11) is 0. The van der Waals surface area contributed by atoms with E-state index in [0.717, 1.165) is 19.3 Å². The number of nitrogens with two attached hydrogens (primary N) is 1. The molecule has 16 heavy (non-hydrogen) atoms. The number of ketones is 1. The Morgan fingerprint density at radius 1 is 1.50 bits per heavy atom. The van der Waals surface area contributed by atoms with Gasteiger partial charge >= 0.3 is 6.09 Å². The number of hydrogen-bond acceptors (Lipinski definition) is 3. The van der Waals surface area contributed by atoms with Gasteiger partial charge < -0.3 is 10.5 Å². The number of amides is 1. The molecule has 90 valence electrons. The molecule has 1 aliphatic rings. The second kappa shape index (κ2) is 5.14. The number of rotatable bonds is 2. The third kappa shape index (κ3) is 3.36. The van der Waals surface area contributed by atoms with E-state index in [-0.39, 0.29) is 17.3 Å². The minimum absolute atomic E-state index is 0.214. The SMILES string of the molecule is CC(=O)C1(C)CC=CC(OC(N)=O)CCC1. The topological polar surface area (TPSA) is 69.4 Å². The van der Waals surface area contributed by atoms with E-state index in [9.17, 15) is 9.59 Å². The largest absolute Gasteiger partial charge is 0.442 e. The smallest absolute Gasteiger partial charge is 0.405 e. The zero-order valence-electron chi connectivity index (χ0n) is 9.86. The van der Waals surface area contributed by atoms with Crippen molar-refractivity contribution >= 4 is 11.9 Å². The molecular formula is C12H19NO3. The third-order valence-electron chi connectivity index (χ3n) is 3.25. The van der Waals surface area contributed by atoms with Gasteiger partial charge in [-0.25, -0.2) is 4.79 Å². The summed E-state index contributed by atoms with van der Waals surface area (Å²) >= 11 is 0. The fourth-order valence-electron chi connectivity index (χ4n) is 1.94. The quantitative estimate of drug-likeness (QED) is 0.732. The molecule has 4 nitrogen and oxygen atoms in total. The van der Waals surface area contributed by atoms with Gasteiger partial charge in [0.15, 0.2) is 0 Å². The van der Waals surface area contributed by atoms with Crippen molar-refractivity contribution in [3.05, 3.63) is 12.2 Å². The van der Waals surface area contributed by atoms with Crippen molar-refractivity contribution in [2.45, 2.75) is 45.6 Å². The van der Waals surface area contributed by atoms with E-state index < -0.39 is 6.09 Å². The molecule has 0 aromatic rings. The summed E-state index contributed by atoms with van der Waals surface area (Å²) < 4.78 is 4.92. The molecule has 0 aromatic carbocycles. The molecule has 0 spiro atoms. The Bertz CT molecular complexity index is 311. The highest BCUT2D eigenvalue weighted by Crippen LogP contribution is 2.32. The van der Waals surface area contributed by atoms with Gasteiger partial charge in [0.2, 0.25) is 0 Å². The van der Waals surface area contributed by atoms with E-state index in [4.69, 9.17) is 10.5 Å². The number of allylic oxidation sites excluding steroid dienone is 1. The summed E-state index contributed by atoms with van der Waals surface area (Å²) in [5, 5.41) is 0. The molecule has 2 N–H and O–H groups in total. The van der Waals surface area contributed by atoms with Crippen LogP contribution in [0.15, 0.2) is 12.2 Å². The van der Waals surface area contributed by atoms with Crippen LogP contribution in [-0.4, -0.2) is 18.0 Å². The van der Waals surface area contributed by atoms with Crippen LogP contribution in [-0.2, 0) is 9.53 Å². The van der Waals surface area contributed by atoms with E-state index in [2.05, 4.69) is 0 Å². The third-order valence-corrected chi connectivity index (χ3v) is 3.25. The molecule has 1 amide bonds. The second-order valence-electron chi connectivity index (χ2n) is 4.62. The zero-order chi connectivity index (χ0) is 12.2. The van der Waals surface area contributed by atoms with Crippen molar-refractivity contribution in [2.75, 3.05) is 0 Å². The van der Waals surface area contributed by atoms with Crippen molar-refractivity contribution in [1.82, 2.24) is 0 Å². The van der Waals surface area contributed by atoms with Gasteiger partial charge in [-0.3, -0.25) is 4.79 Å². The summed E-state index contributed by atoms with van der Waals surface area (Å²) in [5.74, 6) is 0.214. The van der Waals surface area contributed by atoms with E-state index in [1.54, 1.807) is 6.92 Å². The first kappa shape index (κ1) is 12.7. The highest BCUT2D eigenvalue weighted by molar-refractivity contribution is 5.82. The second-order valence-corrected chi connectivity index (χ2v) is 4.62. The zero-order valence-corrected chi connectivity index (χ0v) is 9.86. The first-order chi connectivity index (χ1) is 7.44. The molecule has 0 heterocycles. The molecule has 1 rings (SSSR count). The average Bonchev–Trinajstić information content (AvgIpc) is 2.13. The number of carbonyl (C=O) groups excluding carboxylic acids is 2. The van der Waals surface area contributed by atoms with Crippen molar-refractivity contribution in [3.8, 4) is 0 Å². The number of ether oxygens (including phenoxy) is 1. The maximum atomic E-state index is 11.5. The number of carbonyl (C=O) groups is 2. The lowest BCUT2D eigenvalue weighted by Gasteiger charge is -2.28. The summed E-state index contributed by atoms with van der Waals surface area (Å²) in [6.07, 6.45) is 5.85. The number of hydrogen-bond donors (Lipinski definition) is 1. The van der Waals surface area contributed by atoms with Crippen LogP contribution >= 0.6 is 0 Å². The Labute approximate surface area is 95.8 Å². The van der Waals surface area contributed by atoms with Gasteiger partial charge in [-0.1, -0.05) is 13.0 Å². The van der Waals surface area contributed by atoms with Gasteiger partial charge in [-0.2, -0.15) is 0 Å². The Kier molecular flexibility index (Phi) is 4.10. The van der Waals surface area contributed by atoms with Crippen LogP contribution in [0.25, 0.3) is 0 Å². The van der Waals surface area contributed by atoms with Crippen LogP contribution in [0.5, 0.6) is 0 Å². The number of primary amides is 1. The van der Waals surface area contributed by atoms with Crippen LogP contribution in [0.3, 0.4) is 0 Å². The van der Waals surface area contributed by atoms with E-state index >= 15 is 0 Å². The van der Waals surface area contributed by atoms with Crippen LogP contribution in [0.2, 0.25) is 0 Å². The highest BCUT2D eigenvalue weighted by Gasteiger charge is 2.29. The van der Waals surface area contributed by atoms with Crippen molar-refractivity contribution in [2.24, 2.45) is 11.1 Å². The average molecular weight is 225 g/mol. The fourth-order valence-corrected chi connectivity index (χ4v) is 1.94. The van der Waals surface area contributed by atoms with Gasteiger partial charge in [0, 0.05) is 5.41 Å². The maximum absolute atomic E-state index is 11.5. The standard InChI is InChI=1S/C12H19NO3/c1-9(14)12(2)7-3-5-10(6-4-8-12)16-11(13)15/h3,5,10H,4,6-8H2,1-2H3,(H2,13,15). The van der Waals surface area contributed by atoms with Gasteiger partial charge in [-0.05, 0) is 38.7 Å². The molecule has 0 saturated carbocycles. The monoisotopic (exact) mass is 225 g/mol. The minimum atomic E-state index is -0.746. The summed E-state index contributed by atoms with van der Waals surface area (Å²) in [6, 6.07) is 0. The molecule has 0 bridgehead atoms. The normalized spacial score (nSPS) is 30.2. The summed E-state index contributed by atoms with van der Waals surface area (Å²) in [5.41, 5.74) is 4.70. The molecule has 0 fully saturated rings. The van der Waals surface area contributed by atoms with Crippen molar-refractivity contribution in [3.63, 3.8) is 0 Å². The number of Topliss-reactive ketones (excluding diaryl/α,β-unsaturated/α-hetero) is 1. The fraction of sp³-hybridized carbons (Fsp3) is 0.667. The van der Waals surface area contributed by atoms with E-state index in [1.807, 2.05) is 19.1 Å². The van der Waals surface area contributed by atoms with Gasteiger partial charge in [-0.15, -0.1) is 0 Å². The van der Waals surface area contributed by atoms with E-state index in [0.29, 0.717) is 6.42 Å². The minimum Gasteiger partial charge on any atom is -0.442 e. The summed E-state index contributed by atoms with van der Waals surface area (Å²) in [6.45, 7) is 3.61. The van der Waals surface area contributed by atoms with Gasteiger partial charge in [0.05, 0.1) is 0 Å². The van der Waals surface area contributed by atoms with Crippen LogP contribution < -0.4 is 5.73 Å². The predicted molar refractivity (Wildman–Crippen MR) is 60.9 cm³/mol. The van der Waals surface area contributed by atoms with E-state index in [1.165, 1.54) is 0 Å². The predicted octanol–water partition coefficient (Wildman–Crippen LogP) is 2.18. The highest BCUT2D eigenvalue weighted by atomic mass is 16.6. The lowest BCUT2D eigenvalue weighted by atomic mass is 9.77. The molecule has 0 aromatic heterocycles. The Hall–Kier alpha value is -1.32. The molecule has 2 unspecified atom stereocenters. The lowest BCUT2D eigenvalue weighted by molar-refractivity contribution is -0.126. The summed E-state index contributed by atoms with van der Waals surface area (Å²) in [4.78, 5) is 22.1. The Morgan fingerprint density at radius 3 is 2.75 bits per heavy atom. The maximum Gasteiger partial charge on any atom is 0.405 e. The molecule has 1 aliphatic carbocycles. The molecule has 0 saturated heterocycles. The van der Waals surface area contributed by atoms with Crippen LogP contribution in [0, 0.1) is 5.41 Å². The molecule has 4 heteroatoms. The first-order valence-electron chi connectivity index (χ1n) is 5.58. The molecule has 0 aliphatic heterocycles. The molecule has 0 radical (unpaired) electrons. The first-order valence-corrected chi connectivity index (χ1v) is 5.58. The molecule has 2 atom stereocenters. The van der Waals surface area contributed by atoms with Crippen LogP contribution in [0.4, 0.5) is 4.79 Å². The lowest BCUT2D eigenvalue weighted by Crippen LogP contribution is -2.28. The Balaban J connectivity index is 2.64. The van der Waals surface area contributed by atoms with Crippen molar-refractivity contribution in [1.29, 1.82) is 0 Å². The van der Waals surface area contributed by atoms with Gasteiger partial charge in [0.25, 0.3) is 0 Å². The van der Waals surface area contributed by atoms with Gasteiger partial charge in [0.1, 0.15) is 11.9 Å².